The summed E-state index contributed by atoms with van der Waals surface area (Å²) in [5.74, 6) is -1.25. The quantitative estimate of drug-likeness (QED) is 0.266. The normalized spacial score (nSPS) is 11.4. The van der Waals surface area contributed by atoms with Gasteiger partial charge in [0.1, 0.15) is 23.0 Å². The number of hydrogen-bond acceptors (Lipinski definition) is 3. The zero-order chi connectivity index (χ0) is 22.3. The summed E-state index contributed by atoms with van der Waals surface area (Å²) in [6, 6.07) is 7.09. The van der Waals surface area contributed by atoms with Crippen LogP contribution in [0.15, 0.2) is 36.4 Å². The number of nitrogens with two attached hydrogens (primary N) is 1. The third-order valence-electron chi connectivity index (χ3n) is 4.62. The van der Waals surface area contributed by atoms with Gasteiger partial charge in [-0.15, -0.1) is 0 Å². The molecule has 0 unspecified atom stereocenters. The van der Waals surface area contributed by atoms with Gasteiger partial charge in [-0.3, -0.25) is 5.41 Å². The molecule has 3 N–H and O–H groups in total. The molecule has 0 spiro atoms. The van der Waals surface area contributed by atoms with Gasteiger partial charge in [0.05, 0.1) is 5.69 Å². The molecule has 0 heterocycles. The molecule has 0 fully saturated rings. The van der Waals surface area contributed by atoms with E-state index < -0.39 is 23.4 Å². The lowest BCUT2D eigenvalue weighted by atomic mass is 10.0. The number of unbranched alkanes of at least 4 members (excludes halogenated alkanes) is 2. The van der Waals surface area contributed by atoms with Crippen molar-refractivity contribution in [3.63, 3.8) is 0 Å². The van der Waals surface area contributed by atoms with E-state index in [4.69, 9.17) is 15.9 Å². The van der Waals surface area contributed by atoms with Crippen molar-refractivity contribution in [2.45, 2.75) is 45.7 Å². The second-order valence-electron chi connectivity index (χ2n) is 7.03. The van der Waals surface area contributed by atoms with Crippen molar-refractivity contribution in [2.75, 3.05) is 18.0 Å². The second-order valence-corrected chi connectivity index (χ2v) is 7.03. The molecule has 164 valence electrons. The van der Waals surface area contributed by atoms with Crippen molar-refractivity contribution in [1.29, 1.82) is 5.41 Å². The Bertz CT molecular complexity index is 843. The van der Waals surface area contributed by atoms with E-state index in [0.29, 0.717) is 13.1 Å². The number of alkyl halides is 3. The maximum Gasteiger partial charge on any atom is 0.420 e. The van der Waals surface area contributed by atoms with Crippen LogP contribution in [0.5, 0.6) is 11.5 Å². The Balaban J connectivity index is 2.68. The van der Waals surface area contributed by atoms with Crippen molar-refractivity contribution < 1.29 is 22.3 Å². The number of benzene rings is 2. The third kappa shape index (κ3) is 6.11. The molecule has 30 heavy (non-hydrogen) atoms. The van der Waals surface area contributed by atoms with E-state index in [-0.39, 0.29) is 22.7 Å². The first kappa shape index (κ1) is 23.5. The Morgan fingerprint density at radius 1 is 1.03 bits per heavy atom. The van der Waals surface area contributed by atoms with Gasteiger partial charge in [0.25, 0.3) is 0 Å². The molecule has 0 atom stereocenters. The smallest absolute Gasteiger partial charge is 0.420 e. The molecule has 0 aliphatic carbocycles. The van der Waals surface area contributed by atoms with E-state index in [2.05, 4.69) is 0 Å². The van der Waals surface area contributed by atoms with Gasteiger partial charge in [-0.2, -0.15) is 13.2 Å². The number of ether oxygens (including phenoxy) is 1. The number of anilines is 1. The average molecular weight is 425 g/mol. The third-order valence-corrected chi connectivity index (χ3v) is 4.62. The second kappa shape index (κ2) is 10.3. The fraction of sp³-hybridized carbons (Fsp3) is 0.409. The molecule has 0 aliphatic heterocycles. The van der Waals surface area contributed by atoms with Gasteiger partial charge in [-0.25, -0.2) is 4.39 Å². The molecule has 2 aromatic rings. The van der Waals surface area contributed by atoms with Gasteiger partial charge in [-0.1, -0.05) is 26.7 Å². The highest BCUT2D eigenvalue weighted by Gasteiger charge is 2.37. The molecule has 0 saturated heterocycles. The predicted molar refractivity (Wildman–Crippen MR) is 111 cm³/mol. The van der Waals surface area contributed by atoms with E-state index in [1.807, 2.05) is 18.7 Å². The summed E-state index contributed by atoms with van der Waals surface area (Å²) in [6.45, 7) is 5.08. The van der Waals surface area contributed by atoms with E-state index >= 15 is 0 Å². The van der Waals surface area contributed by atoms with Crippen LogP contribution >= 0.6 is 0 Å². The lowest BCUT2D eigenvalue weighted by Crippen LogP contribution is -2.27. The standard InChI is InChI=1S/C22H27F4N3O/c1-3-5-11-29(12-6-4-2)19-14-15(21(27)28)13-18(22(24,25)26)20(19)30-17-9-7-16(23)8-10-17/h7-10,13-14H,3-6,11-12H2,1-2H3,(H3,27,28). The van der Waals surface area contributed by atoms with E-state index in [1.54, 1.807) is 0 Å². The first-order chi connectivity index (χ1) is 14.2. The number of nitrogens with one attached hydrogen (secondary N) is 1. The first-order valence-corrected chi connectivity index (χ1v) is 9.95. The maximum atomic E-state index is 13.9. The van der Waals surface area contributed by atoms with E-state index in [9.17, 15) is 17.6 Å². The summed E-state index contributed by atoms with van der Waals surface area (Å²) in [7, 11) is 0. The summed E-state index contributed by atoms with van der Waals surface area (Å²) in [4.78, 5) is 1.84. The Morgan fingerprint density at radius 2 is 1.60 bits per heavy atom. The van der Waals surface area contributed by atoms with Crippen molar-refractivity contribution in [2.24, 2.45) is 5.73 Å². The van der Waals surface area contributed by atoms with Crippen LogP contribution in [-0.4, -0.2) is 18.9 Å². The van der Waals surface area contributed by atoms with E-state index in [1.165, 1.54) is 18.2 Å². The number of nitrogens with zero attached hydrogens (tertiary/aromatic N) is 1. The molecular formula is C22H27F4N3O. The largest absolute Gasteiger partial charge is 0.455 e. The van der Waals surface area contributed by atoms with Crippen molar-refractivity contribution >= 4 is 11.5 Å². The lowest BCUT2D eigenvalue weighted by molar-refractivity contribution is -0.138. The van der Waals surface area contributed by atoms with Crippen LogP contribution < -0.4 is 15.4 Å². The van der Waals surface area contributed by atoms with E-state index in [0.717, 1.165) is 43.9 Å². The summed E-state index contributed by atoms with van der Waals surface area (Å²) >= 11 is 0. The van der Waals surface area contributed by atoms with Crippen LogP contribution in [0.4, 0.5) is 23.2 Å². The SMILES string of the molecule is CCCCN(CCCC)c1cc(C(=N)N)cc(C(F)(F)F)c1Oc1ccc(F)cc1. The van der Waals surface area contributed by atoms with Crippen molar-refractivity contribution in [3.05, 3.63) is 53.3 Å². The highest BCUT2D eigenvalue weighted by molar-refractivity contribution is 5.97. The minimum atomic E-state index is -4.73. The zero-order valence-electron chi connectivity index (χ0n) is 17.2. The molecule has 0 aliphatic rings. The number of amidine groups is 1. The number of hydrogen-bond donors (Lipinski definition) is 2. The van der Waals surface area contributed by atoms with Gasteiger partial charge >= 0.3 is 6.18 Å². The van der Waals surface area contributed by atoms with Crippen molar-refractivity contribution in [3.8, 4) is 11.5 Å². The van der Waals surface area contributed by atoms with Crippen molar-refractivity contribution in [1.82, 2.24) is 0 Å². The van der Waals surface area contributed by atoms with Gasteiger partial charge in [-0.05, 0) is 49.2 Å². The molecule has 0 radical (unpaired) electrons. The first-order valence-electron chi connectivity index (χ1n) is 9.95. The lowest BCUT2D eigenvalue weighted by Gasteiger charge is -2.29. The Labute approximate surface area is 174 Å². The molecule has 0 saturated carbocycles. The summed E-state index contributed by atoms with van der Waals surface area (Å²) in [5, 5.41) is 7.68. The fourth-order valence-corrected chi connectivity index (χ4v) is 2.99. The Morgan fingerprint density at radius 3 is 2.07 bits per heavy atom. The molecule has 2 aromatic carbocycles. The van der Waals surface area contributed by atoms with Gasteiger partial charge < -0.3 is 15.4 Å². The summed E-state index contributed by atoms with van der Waals surface area (Å²) < 4.78 is 60.7. The molecule has 2 rings (SSSR count). The zero-order valence-corrected chi connectivity index (χ0v) is 17.2. The Hall–Kier alpha value is -2.77. The minimum absolute atomic E-state index is 0.0261. The van der Waals surface area contributed by atoms with Crippen LogP contribution in [0.3, 0.4) is 0 Å². The molecule has 0 amide bonds. The molecular weight excluding hydrogens is 398 g/mol. The fourth-order valence-electron chi connectivity index (χ4n) is 2.99. The van der Waals surface area contributed by atoms with Crippen LogP contribution in [-0.2, 0) is 6.18 Å². The molecule has 0 bridgehead atoms. The molecule has 4 nitrogen and oxygen atoms in total. The number of halogens is 4. The maximum absolute atomic E-state index is 13.9. The molecule has 0 aromatic heterocycles. The van der Waals surface area contributed by atoms with Crippen LogP contribution in [0.1, 0.15) is 50.7 Å². The highest BCUT2D eigenvalue weighted by atomic mass is 19.4. The summed E-state index contributed by atoms with van der Waals surface area (Å²) in [5.41, 5.74) is 4.71. The van der Waals surface area contributed by atoms with Crippen LogP contribution in [0.2, 0.25) is 0 Å². The van der Waals surface area contributed by atoms with Gasteiger partial charge in [0, 0.05) is 18.7 Å². The number of rotatable bonds is 10. The average Bonchev–Trinajstić information content (AvgIpc) is 2.69. The Kier molecular flexibility index (Phi) is 8.08. The van der Waals surface area contributed by atoms with Gasteiger partial charge in [0.15, 0.2) is 5.75 Å². The summed E-state index contributed by atoms with van der Waals surface area (Å²) in [6.07, 6.45) is -1.42. The number of nitrogen functional groups attached to an aromatic ring is 1. The predicted octanol–water partition coefficient (Wildman–Crippen LogP) is 6.33. The monoisotopic (exact) mass is 425 g/mol. The minimum Gasteiger partial charge on any atom is -0.455 e. The highest BCUT2D eigenvalue weighted by Crippen LogP contribution is 2.45. The molecule has 8 heteroatoms. The van der Waals surface area contributed by atoms with Gasteiger partial charge in [0.2, 0.25) is 0 Å². The topological polar surface area (TPSA) is 62.3 Å². The van der Waals surface area contributed by atoms with Crippen LogP contribution in [0.25, 0.3) is 0 Å². The van der Waals surface area contributed by atoms with Crippen LogP contribution in [0, 0.1) is 11.2 Å².